The highest BCUT2D eigenvalue weighted by Crippen LogP contribution is 2.47. The molecule has 0 radical (unpaired) electrons. The van der Waals surface area contributed by atoms with Crippen LogP contribution in [0.25, 0.3) is 0 Å². The fourth-order valence-corrected chi connectivity index (χ4v) is 3.37. The van der Waals surface area contributed by atoms with Gasteiger partial charge >= 0.3 is 0 Å². The SMILES string of the molecule is CC1(C)CN(CCOC2CCC2)C1c1ccncc1. The van der Waals surface area contributed by atoms with Crippen LogP contribution in [0, 0.1) is 5.41 Å². The van der Waals surface area contributed by atoms with Gasteiger partial charge in [0.2, 0.25) is 0 Å². The van der Waals surface area contributed by atoms with E-state index in [4.69, 9.17) is 4.74 Å². The standard InChI is InChI=1S/C16H24N2O/c1-16(2)12-18(10-11-19-14-4-3-5-14)15(16)13-6-8-17-9-7-13/h6-9,14-15H,3-5,10-12H2,1-2H3. The molecule has 19 heavy (non-hydrogen) atoms. The molecule has 1 atom stereocenters. The number of hydrogen-bond donors (Lipinski definition) is 0. The van der Waals surface area contributed by atoms with Crippen molar-refractivity contribution in [2.45, 2.75) is 45.3 Å². The summed E-state index contributed by atoms with van der Waals surface area (Å²) in [6.45, 7) is 7.78. The molecule has 104 valence electrons. The van der Waals surface area contributed by atoms with Crippen LogP contribution in [0.2, 0.25) is 0 Å². The van der Waals surface area contributed by atoms with E-state index in [1.807, 2.05) is 12.4 Å². The molecule has 1 aromatic rings. The monoisotopic (exact) mass is 260 g/mol. The van der Waals surface area contributed by atoms with Crippen molar-refractivity contribution in [3.63, 3.8) is 0 Å². The van der Waals surface area contributed by atoms with Crippen LogP contribution < -0.4 is 0 Å². The first-order valence-electron chi connectivity index (χ1n) is 7.42. The maximum absolute atomic E-state index is 5.88. The van der Waals surface area contributed by atoms with E-state index in [1.54, 1.807) is 0 Å². The molecule has 0 N–H and O–H groups in total. The van der Waals surface area contributed by atoms with E-state index in [0.29, 0.717) is 17.6 Å². The summed E-state index contributed by atoms with van der Waals surface area (Å²) in [5, 5.41) is 0. The zero-order valence-corrected chi connectivity index (χ0v) is 12.0. The molecule has 2 aliphatic rings. The van der Waals surface area contributed by atoms with Gasteiger partial charge in [0.1, 0.15) is 0 Å². The number of ether oxygens (including phenoxy) is 1. The Morgan fingerprint density at radius 3 is 2.63 bits per heavy atom. The third-order valence-corrected chi connectivity index (χ3v) is 4.52. The lowest BCUT2D eigenvalue weighted by Gasteiger charge is -2.54. The van der Waals surface area contributed by atoms with Crippen molar-refractivity contribution in [2.24, 2.45) is 5.41 Å². The number of hydrogen-bond acceptors (Lipinski definition) is 3. The molecule has 2 heterocycles. The maximum atomic E-state index is 5.88. The lowest BCUT2D eigenvalue weighted by atomic mass is 9.72. The molecular weight excluding hydrogens is 236 g/mol. The van der Waals surface area contributed by atoms with Gasteiger partial charge in [0, 0.05) is 31.5 Å². The van der Waals surface area contributed by atoms with Gasteiger partial charge in [-0.1, -0.05) is 13.8 Å². The van der Waals surface area contributed by atoms with Crippen LogP contribution in [0.1, 0.15) is 44.7 Å². The number of pyridine rings is 1. The zero-order chi connectivity index (χ0) is 13.3. The first-order valence-corrected chi connectivity index (χ1v) is 7.42. The minimum absolute atomic E-state index is 0.359. The van der Waals surface area contributed by atoms with E-state index in [0.717, 1.165) is 19.7 Å². The summed E-state index contributed by atoms with van der Waals surface area (Å²) in [5.41, 5.74) is 1.74. The molecule has 0 amide bonds. The summed E-state index contributed by atoms with van der Waals surface area (Å²) < 4.78 is 5.88. The van der Waals surface area contributed by atoms with E-state index in [1.165, 1.54) is 24.8 Å². The van der Waals surface area contributed by atoms with Crippen molar-refractivity contribution in [3.8, 4) is 0 Å². The Labute approximate surface area is 116 Å². The maximum Gasteiger partial charge on any atom is 0.0597 e. The largest absolute Gasteiger partial charge is 0.377 e. The Hall–Kier alpha value is -0.930. The van der Waals surface area contributed by atoms with Crippen LogP contribution in [0.3, 0.4) is 0 Å². The van der Waals surface area contributed by atoms with E-state index in [-0.39, 0.29) is 0 Å². The van der Waals surface area contributed by atoms with Crippen molar-refractivity contribution in [2.75, 3.05) is 19.7 Å². The van der Waals surface area contributed by atoms with Gasteiger partial charge in [-0.05, 0) is 42.4 Å². The van der Waals surface area contributed by atoms with Crippen LogP contribution in [0.5, 0.6) is 0 Å². The average molecular weight is 260 g/mol. The summed E-state index contributed by atoms with van der Waals surface area (Å²) in [5.74, 6) is 0. The van der Waals surface area contributed by atoms with Crippen molar-refractivity contribution < 1.29 is 4.74 Å². The number of rotatable bonds is 5. The average Bonchev–Trinajstić information content (AvgIpc) is 2.32. The van der Waals surface area contributed by atoms with Gasteiger partial charge in [-0.3, -0.25) is 9.88 Å². The fourth-order valence-electron chi connectivity index (χ4n) is 3.37. The number of aromatic nitrogens is 1. The van der Waals surface area contributed by atoms with E-state index >= 15 is 0 Å². The second-order valence-corrected chi connectivity index (χ2v) is 6.57. The quantitative estimate of drug-likeness (QED) is 0.813. The van der Waals surface area contributed by atoms with E-state index < -0.39 is 0 Å². The normalized spacial score (nSPS) is 26.7. The van der Waals surface area contributed by atoms with Gasteiger partial charge in [0.05, 0.1) is 12.7 Å². The molecule has 3 rings (SSSR count). The second kappa shape index (κ2) is 5.22. The molecule has 1 aliphatic carbocycles. The van der Waals surface area contributed by atoms with Gasteiger partial charge in [-0.25, -0.2) is 0 Å². The molecule has 3 heteroatoms. The van der Waals surface area contributed by atoms with E-state index in [2.05, 4.69) is 35.9 Å². The molecule has 1 aromatic heterocycles. The summed E-state index contributed by atoms with van der Waals surface area (Å²) in [4.78, 5) is 6.66. The van der Waals surface area contributed by atoms with Crippen LogP contribution in [0.15, 0.2) is 24.5 Å². The molecule has 3 nitrogen and oxygen atoms in total. The predicted molar refractivity (Wildman–Crippen MR) is 75.9 cm³/mol. The molecule has 0 spiro atoms. The van der Waals surface area contributed by atoms with Crippen LogP contribution >= 0.6 is 0 Å². The molecule has 1 saturated heterocycles. The van der Waals surface area contributed by atoms with Crippen LogP contribution in [0.4, 0.5) is 0 Å². The first kappa shape index (κ1) is 13.1. The van der Waals surface area contributed by atoms with Crippen LogP contribution in [-0.4, -0.2) is 35.7 Å². The van der Waals surface area contributed by atoms with E-state index in [9.17, 15) is 0 Å². The van der Waals surface area contributed by atoms with Gasteiger partial charge in [0.25, 0.3) is 0 Å². The third kappa shape index (κ3) is 2.67. The van der Waals surface area contributed by atoms with Crippen molar-refractivity contribution in [3.05, 3.63) is 30.1 Å². The van der Waals surface area contributed by atoms with Crippen LogP contribution in [-0.2, 0) is 4.74 Å². The smallest absolute Gasteiger partial charge is 0.0597 e. The topological polar surface area (TPSA) is 25.4 Å². The van der Waals surface area contributed by atoms with Crippen molar-refractivity contribution in [1.29, 1.82) is 0 Å². The van der Waals surface area contributed by atoms with Crippen molar-refractivity contribution in [1.82, 2.24) is 9.88 Å². The molecule has 1 aliphatic heterocycles. The molecule has 1 unspecified atom stereocenters. The lowest BCUT2D eigenvalue weighted by molar-refractivity contribution is -0.0811. The Morgan fingerprint density at radius 1 is 1.32 bits per heavy atom. The van der Waals surface area contributed by atoms with Gasteiger partial charge in [0.15, 0.2) is 0 Å². The zero-order valence-electron chi connectivity index (χ0n) is 12.0. The fraction of sp³-hybridized carbons (Fsp3) is 0.688. The number of likely N-dealkylation sites (tertiary alicyclic amines) is 1. The Morgan fingerprint density at radius 2 is 2.05 bits per heavy atom. The minimum Gasteiger partial charge on any atom is -0.377 e. The second-order valence-electron chi connectivity index (χ2n) is 6.57. The third-order valence-electron chi connectivity index (χ3n) is 4.52. The Kier molecular flexibility index (Phi) is 3.59. The summed E-state index contributed by atoms with van der Waals surface area (Å²) in [6, 6.07) is 4.80. The molecule has 1 saturated carbocycles. The Balaban J connectivity index is 1.56. The van der Waals surface area contributed by atoms with Gasteiger partial charge in [-0.15, -0.1) is 0 Å². The van der Waals surface area contributed by atoms with Gasteiger partial charge in [-0.2, -0.15) is 0 Å². The van der Waals surface area contributed by atoms with Gasteiger partial charge < -0.3 is 4.74 Å². The molecule has 0 bridgehead atoms. The highest BCUT2D eigenvalue weighted by molar-refractivity contribution is 5.22. The minimum atomic E-state index is 0.359. The highest BCUT2D eigenvalue weighted by atomic mass is 16.5. The highest BCUT2D eigenvalue weighted by Gasteiger charge is 2.45. The summed E-state index contributed by atoms with van der Waals surface area (Å²) in [7, 11) is 0. The number of nitrogens with zero attached hydrogens (tertiary/aromatic N) is 2. The first-order chi connectivity index (χ1) is 9.17. The summed E-state index contributed by atoms with van der Waals surface area (Å²) in [6.07, 6.45) is 8.22. The molecular formula is C16H24N2O. The summed E-state index contributed by atoms with van der Waals surface area (Å²) >= 11 is 0. The predicted octanol–water partition coefficient (Wildman–Crippen LogP) is 3.03. The molecule has 0 aromatic carbocycles. The van der Waals surface area contributed by atoms with Crippen molar-refractivity contribution >= 4 is 0 Å². The Bertz CT molecular complexity index is 414. The molecule has 2 fully saturated rings. The lowest BCUT2D eigenvalue weighted by Crippen LogP contribution is -2.56.